The lowest BCUT2D eigenvalue weighted by molar-refractivity contribution is -0.139. The lowest BCUT2D eigenvalue weighted by Crippen LogP contribution is -2.51. The number of carboxylic acids is 1. The first kappa shape index (κ1) is 16.8. The Morgan fingerprint density at radius 1 is 1.25 bits per heavy atom. The molecule has 1 saturated carbocycles. The van der Waals surface area contributed by atoms with Crippen LogP contribution in [0.25, 0.3) is 0 Å². The number of hydrogen-bond acceptors (Lipinski definition) is 2. The summed E-state index contributed by atoms with van der Waals surface area (Å²) in [5.74, 6) is -0.433. The van der Waals surface area contributed by atoms with Crippen molar-refractivity contribution >= 4 is 12.0 Å². The summed E-state index contributed by atoms with van der Waals surface area (Å²) in [5.41, 5.74) is 0. The molecule has 116 valence electrons. The Balaban J connectivity index is 2.45. The van der Waals surface area contributed by atoms with Gasteiger partial charge in [-0.1, -0.05) is 46.0 Å². The van der Waals surface area contributed by atoms with Crippen molar-refractivity contribution in [1.82, 2.24) is 10.6 Å². The zero-order valence-corrected chi connectivity index (χ0v) is 12.7. The van der Waals surface area contributed by atoms with Gasteiger partial charge >= 0.3 is 12.0 Å². The van der Waals surface area contributed by atoms with Crippen molar-refractivity contribution in [3.8, 4) is 0 Å². The van der Waals surface area contributed by atoms with Gasteiger partial charge in [-0.2, -0.15) is 0 Å². The Labute approximate surface area is 121 Å². The third-order valence-corrected chi connectivity index (χ3v) is 4.20. The quantitative estimate of drug-likeness (QED) is 0.672. The molecule has 3 N–H and O–H groups in total. The van der Waals surface area contributed by atoms with Crippen molar-refractivity contribution in [3.05, 3.63) is 0 Å². The Morgan fingerprint density at radius 2 is 1.95 bits per heavy atom. The summed E-state index contributed by atoms with van der Waals surface area (Å²) < 4.78 is 0. The van der Waals surface area contributed by atoms with E-state index in [1.54, 1.807) is 0 Å². The smallest absolute Gasteiger partial charge is 0.326 e. The van der Waals surface area contributed by atoms with E-state index >= 15 is 0 Å². The van der Waals surface area contributed by atoms with Gasteiger partial charge in [0.05, 0.1) is 0 Å². The summed E-state index contributed by atoms with van der Waals surface area (Å²) in [6.07, 6.45) is 7.79. The van der Waals surface area contributed by atoms with Gasteiger partial charge in [-0.15, -0.1) is 0 Å². The van der Waals surface area contributed by atoms with E-state index in [1.807, 2.05) is 6.92 Å². The highest BCUT2D eigenvalue weighted by Crippen LogP contribution is 2.26. The topological polar surface area (TPSA) is 78.4 Å². The maximum absolute atomic E-state index is 12.0. The van der Waals surface area contributed by atoms with E-state index in [0.29, 0.717) is 12.3 Å². The molecule has 0 aliphatic heterocycles. The summed E-state index contributed by atoms with van der Waals surface area (Å²) in [4.78, 5) is 23.1. The number of urea groups is 1. The zero-order chi connectivity index (χ0) is 15.0. The molecule has 5 heteroatoms. The predicted octanol–water partition coefficient (Wildman–Crippen LogP) is 2.90. The summed E-state index contributed by atoms with van der Waals surface area (Å²) in [6.45, 7) is 4.15. The minimum atomic E-state index is -0.954. The van der Waals surface area contributed by atoms with Gasteiger partial charge in [0.1, 0.15) is 6.04 Å². The third-order valence-electron chi connectivity index (χ3n) is 4.20. The molecule has 3 atom stereocenters. The minimum absolute atomic E-state index is 0.189. The van der Waals surface area contributed by atoms with Crippen molar-refractivity contribution in [2.24, 2.45) is 5.92 Å². The molecule has 2 amide bonds. The van der Waals surface area contributed by atoms with E-state index in [0.717, 1.165) is 38.5 Å². The van der Waals surface area contributed by atoms with Crippen molar-refractivity contribution in [2.75, 3.05) is 0 Å². The first-order chi connectivity index (χ1) is 9.58. The number of nitrogens with one attached hydrogen (secondary N) is 2. The largest absolute Gasteiger partial charge is 0.480 e. The molecule has 0 aromatic carbocycles. The average Bonchev–Trinajstić information content (AvgIpc) is 2.43. The molecule has 0 aromatic heterocycles. The van der Waals surface area contributed by atoms with E-state index in [2.05, 4.69) is 17.6 Å². The molecule has 1 fully saturated rings. The van der Waals surface area contributed by atoms with E-state index in [4.69, 9.17) is 5.11 Å². The molecule has 20 heavy (non-hydrogen) atoms. The fraction of sp³-hybridized carbons (Fsp3) is 0.867. The molecule has 1 aliphatic rings. The van der Waals surface area contributed by atoms with Gasteiger partial charge in [-0.25, -0.2) is 9.59 Å². The third kappa shape index (κ3) is 5.39. The Kier molecular flexibility index (Phi) is 7.41. The van der Waals surface area contributed by atoms with Gasteiger partial charge in [-0.05, 0) is 25.2 Å². The standard InChI is InChI=1S/C15H28N2O3/c1-3-5-9-13(14(18)19)17-15(20)16-12-10-7-6-8-11(12)4-2/h11-13H,3-10H2,1-2H3,(H,18,19)(H2,16,17,20)/t11?,12?,13-/m0/s1. The van der Waals surface area contributed by atoms with Crippen LogP contribution < -0.4 is 10.6 Å². The highest BCUT2D eigenvalue weighted by molar-refractivity contribution is 5.82. The van der Waals surface area contributed by atoms with E-state index in [9.17, 15) is 9.59 Å². The van der Waals surface area contributed by atoms with Gasteiger partial charge < -0.3 is 15.7 Å². The van der Waals surface area contributed by atoms with Gasteiger partial charge in [0.25, 0.3) is 0 Å². The maximum Gasteiger partial charge on any atom is 0.326 e. The monoisotopic (exact) mass is 284 g/mol. The van der Waals surface area contributed by atoms with E-state index < -0.39 is 12.0 Å². The SMILES string of the molecule is CCCC[C@H](NC(=O)NC1CCCCC1CC)C(=O)O. The number of carbonyl (C=O) groups excluding carboxylic acids is 1. The molecule has 0 radical (unpaired) electrons. The van der Waals surface area contributed by atoms with Gasteiger partial charge in [0.15, 0.2) is 0 Å². The predicted molar refractivity (Wildman–Crippen MR) is 78.7 cm³/mol. The van der Waals surface area contributed by atoms with Crippen LogP contribution in [-0.4, -0.2) is 29.2 Å². The average molecular weight is 284 g/mol. The molecule has 5 nitrogen and oxygen atoms in total. The van der Waals surface area contributed by atoms with Gasteiger partial charge in [-0.3, -0.25) is 0 Å². The summed E-state index contributed by atoms with van der Waals surface area (Å²) in [7, 11) is 0. The second kappa shape index (κ2) is 8.82. The van der Waals surface area contributed by atoms with Crippen LogP contribution in [0.1, 0.15) is 65.2 Å². The van der Waals surface area contributed by atoms with Crippen LogP contribution in [-0.2, 0) is 4.79 Å². The van der Waals surface area contributed by atoms with Crippen LogP contribution in [0.2, 0.25) is 0 Å². The molecule has 1 aliphatic carbocycles. The Hall–Kier alpha value is -1.26. The molecule has 0 aromatic rings. The van der Waals surface area contributed by atoms with Gasteiger partial charge in [0, 0.05) is 6.04 Å². The molecule has 0 spiro atoms. The lowest BCUT2D eigenvalue weighted by atomic mass is 9.83. The van der Waals surface area contributed by atoms with Crippen LogP contribution in [0.15, 0.2) is 0 Å². The highest BCUT2D eigenvalue weighted by atomic mass is 16.4. The number of aliphatic carboxylic acids is 1. The van der Waals surface area contributed by atoms with Crippen LogP contribution in [0.4, 0.5) is 4.79 Å². The Morgan fingerprint density at radius 3 is 2.55 bits per heavy atom. The number of unbranched alkanes of at least 4 members (excludes halogenated alkanes) is 1. The fourth-order valence-electron chi connectivity index (χ4n) is 2.92. The number of rotatable bonds is 7. The van der Waals surface area contributed by atoms with E-state index in [-0.39, 0.29) is 12.1 Å². The normalized spacial score (nSPS) is 23.9. The number of carbonyl (C=O) groups is 2. The van der Waals surface area contributed by atoms with Crippen LogP contribution in [0.5, 0.6) is 0 Å². The molecular weight excluding hydrogens is 256 g/mol. The molecule has 0 bridgehead atoms. The maximum atomic E-state index is 12.0. The van der Waals surface area contributed by atoms with Gasteiger partial charge in [0.2, 0.25) is 0 Å². The van der Waals surface area contributed by atoms with Crippen LogP contribution in [0.3, 0.4) is 0 Å². The minimum Gasteiger partial charge on any atom is -0.480 e. The summed E-state index contributed by atoms with van der Waals surface area (Å²) in [5, 5.41) is 14.7. The highest BCUT2D eigenvalue weighted by Gasteiger charge is 2.26. The molecule has 0 saturated heterocycles. The number of carboxylic acid groups (broad SMARTS) is 1. The number of hydrogen-bond donors (Lipinski definition) is 3. The Bertz CT molecular complexity index is 320. The lowest BCUT2D eigenvalue weighted by Gasteiger charge is -2.31. The first-order valence-corrected chi connectivity index (χ1v) is 7.88. The van der Waals surface area contributed by atoms with E-state index in [1.165, 1.54) is 6.42 Å². The van der Waals surface area contributed by atoms with Crippen LogP contribution in [0, 0.1) is 5.92 Å². The summed E-state index contributed by atoms with van der Waals surface area (Å²) in [6, 6.07) is -0.924. The van der Waals surface area contributed by atoms with Crippen molar-refractivity contribution < 1.29 is 14.7 Å². The van der Waals surface area contributed by atoms with Crippen molar-refractivity contribution in [3.63, 3.8) is 0 Å². The molecule has 0 heterocycles. The molecule has 1 rings (SSSR count). The van der Waals surface area contributed by atoms with Crippen molar-refractivity contribution in [2.45, 2.75) is 77.3 Å². The fourth-order valence-corrected chi connectivity index (χ4v) is 2.92. The van der Waals surface area contributed by atoms with Crippen molar-refractivity contribution in [1.29, 1.82) is 0 Å². The first-order valence-electron chi connectivity index (χ1n) is 7.88. The second-order valence-electron chi connectivity index (χ2n) is 5.71. The van der Waals surface area contributed by atoms with Crippen LogP contribution >= 0.6 is 0 Å². The zero-order valence-electron chi connectivity index (χ0n) is 12.7. The molecule has 2 unspecified atom stereocenters. The summed E-state index contributed by atoms with van der Waals surface area (Å²) >= 11 is 0. The molecular formula is C15H28N2O3. The second-order valence-corrected chi connectivity index (χ2v) is 5.71. The number of amides is 2.